The number of para-hydroxylation sites is 1. The first kappa shape index (κ1) is 12.4. The molecule has 0 saturated carbocycles. The number of nitrogens with one attached hydrogen (secondary N) is 1. The first-order valence-electron chi connectivity index (χ1n) is 6.37. The third-order valence-corrected chi connectivity index (χ3v) is 3.58. The minimum atomic E-state index is 0. The number of fused-ring (bicyclic) bond motifs is 5. The van der Waals surface area contributed by atoms with Crippen molar-refractivity contribution in [3.8, 4) is 0 Å². The summed E-state index contributed by atoms with van der Waals surface area (Å²) in [5.41, 5.74) is 3.29. The molecule has 1 aromatic carbocycles. The van der Waals surface area contributed by atoms with E-state index >= 15 is 0 Å². The number of halogens is 1. The number of hydrogen-bond donors (Lipinski definition) is 1. The molecule has 2 aromatic heterocycles. The molecular formula is C14H15ClN4. The van der Waals surface area contributed by atoms with E-state index in [1.807, 2.05) is 12.3 Å². The van der Waals surface area contributed by atoms with Gasteiger partial charge in [-0.25, -0.2) is 4.98 Å². The van der Waals surface area contributed by atoms with E-state index in [9.17, 15) is 0 Å². The van der Waals surface area contributed by atoms with Crippen LogP contribution in [0.5, 0.6) is 0 Å². The number of hydrogen-bond acceptors (Lipinski definition) is 3. The van der Waals surface area contributed by atoms with Gasteiger partial charge in [0.2, 0.25) is 0 Å². The zero-order valence-electron chi connectivity index (χ0n) is 10.5. The van der Waals surface area contributed by atoms with E-state index in [4.69, 9.17) is 4.98 Å². The molecule has 0 amide bonds. The van der Waals surface area contributed by atoms with Gasteiger partial charge in [0.1, 0.15) is 11.3 Å². The van der Waals surface area contributed by atoms with Gasteiger partial charge in [0, 0.05) is 11.9 Å². The van der Waals surface area contributed by atoms with Crippen molar-refractivity contribution in [2.75, 3.05) is 6.54 Å². The van der Waals surface area contributed by atoms with E-state index in [0.717, 1.165) is 42.9 Å². The average molecular weight is 275 g/mol. The molecule has 0 radical (unpaired) electrons. The van der Waals surface area contributed by atoms with Crippen LogP contribution in [0.15, 0.2) is 30.5 Å². The third-order valence-electron chi connectivity index (χ3n) is 3.58. The Hall–Kier alpha value is -1.65. The third kappa shape index (κ3) is 1.88. The van der Waals surface area contributed by atoms with Crippen molar-refractivity contribution in [3.05, 3.63) is 36.3 Å². The summed E-state index contributed by atoms with van der Waals surface area (Å²) in [5.74, 6) is 1.13. The van der Waals surface area contributed by atoms with Crippen molar-refractivity contribution in [1.29, 1.82) is 0 Å². The summed E-state index contributed by atoms with van der Waals surface area (Å²) in [6.45, 7) is 2.95. The lowest BCUT2D eigenvalue weighted by atomic mass is 10.2. The van der Waals surface area contributed by atoms with Crippen molar-refractivity contribution < 1.29 is 0 Å². The molecule has 0 bridgehead atoms. The summed E-state index contributed by atoms with van der Waals surface area (Å²) in [7, 11) is 0. The van der Waals surface area contributed by atoms with E-state index in [2.05, 4.69) is 33.1 Å². The number of rotatable bonds is 0. The largest absolute Gasteiger partial charge is 0.326 e. The number of aryl methyl sites for hydroxylation is 1. The van der Waals surface area contributed by atoms with Crippen LogP contribution in [-0.4, -0.2) is 21.1 Å². The Morgan fingerprint density at radius 2 is 2.05 bits per heavy atom. The SMILES string of the molecule is Cl.c1ccc2c(c1)ncc1nc3n(c12)CCCNC3. The topological polar surface area (TPSA) is 42.7 Å². The van der Waals surface area contributed by atoms with Gasteiger partial charge in [-0.15, -0.1) is 12.4 Å². The van der Waals surface area contributed by atoms with E-state index in [-0.39, 0.29) is 12.4 Å². The highest BCUT2D eigenvalue weighted by Crippen LogP contribution is 2.25. The lowest BCUT2D eigenvalue weighted by molar-refractivity contribution is 0.654. The molecule has 98 valence electrons. The molecule has 4 nitrogen and oxygen atoms in total. The zero-order valence-corrected chi connectivity index (χ0v) is 11.3. The summed E-state index contributed by atoms with van der Waals surface area (Å²) < 4.78 is 2.35. The van der Waals surface area contributed by atoms with Crippen LogP contribution in [0.4, 0.5) is 0 Å². The molecule has 4 rings (SSSR count). The van der Waals surface area contributed by atoms with Crippen LogP contribution in [0, 0.1) is 0 Å². The standard InChI is InChI=1S/C14H14N4.ClH/c1-2-5-11-10(4-1)14-12(8-16-11)17-13-9-15-6-3-7-18(13)14;/h1-2,4-5,8,15H,3,6-7,9H2;1H. The van der Waals surface area contributed by atoms with Crippen LogP contribution in [0.25, 0.3) is 21.9 Å². The van der Waals surface area contributed by atoms with E-state index < -0.39 is 0 Å². The summed E-state index contributed by atoms with van der Waals surface area (Å²) >= 11 is 0. The Kier molecular flexibility index (Phi) is 3.12. The van der Waals surface area contributed by atoms with Crippen molar-refractivity contribution in [3.63, 3.8) is 0 Å². The molecule has 0 atom stereocenters. The lowest BCUT2D eigenvalue weighted by Crippen LogP contribution is -2.12. The summed E-state index contributed by atoms with van der Waals surface area (Å²) in [6.07, 6.45) is 3.04. The van der Waals surface area contributed by atoms with Crippen LogP contribution < -0.4 is 5.32 Å². The number of benzene rings is 1. The van der Waals surface area contributed by atoms with Gasteiger partial charge in [0.15, 0.2) is 0 Å². The van der Waals surface area contributed by atoms with E-state index in [0.29, 0.717) is 0 Å². The second kappa shape index (κ2) is 4.79. The number of pyridine rings is 1. The molecule has 19 heavy (non-hydrogen) atoms. The normalized spacial score (nSPS) is 14.9. The van der Waals surface area contributed by atoms with Crippen LogP contribution in [0.3, 0.4) is 0 Å². The summed E-state index contributed by atoms with van der Waals surface area (Å²) in [5, 5.41) is 4.61. The minimum Gasteiger partial charge on any atom is -0.326 e. The second-order valence-corrected chi connectivity index (χ2v) is 4.72. The second-order valence-electron chi connectivity index (χ2n) is 4.72. The Morgan fingerprint density at radius 1 is 1.16 bits per heavy atom. The van der Waals surface area contributed by atoms with Gasteiger partial charge in [-0.3, -0.25) is 4.98 Å². The molecule has 1 N–H and O–H groups in total. The number of imidazole rings is 1. The van der Waals surface area contributed by atoms with Crippen molar-refractivity contribution in [2.45, 2.75) is 19.5 Å². The van der Waals surface area contributed by atoms with Crippen molar-refractivity contribution in [2.24, 2.45) is 0 Å². The van der Waals surface area contributed by atoms with Crippen LogP contribution in [0.2, 0.25) is 0 Å². The fourth-order valence-corrected chi connectivity index (χ4v) is 2.75. The molecule has 0 aliphatic carbocycles. The van der Waals surface area contributed by atoms with Gasteiger partial charge in [0.05, 0.1) is 23.8 Å². The molecule has 3 aromatic rings. The maximum absolute atomic E-state index is 4.70. The molecule has 0 spiro atoms. The zero-order chi connectivity index (χ0) is 11.9. The van der Waals surface area contributed by atoms with Crippen LogP contribution >= 0.6 is 12.4 Å². The summed E-state index contributed by atoms with van der Waals surface area (Å²) in [4.78, 5) is 9.18. The van der Waals surface area contributed by atoms with Crippen molar-refractivity contribution >= 4 is 34.3 Å². The Balaban J connectivity index is 0.00000110. The Bertz CT molecular complexity index is 735. The molecule has 0 unspecified atom stereocenters. The highest BCUT2D eigenvalue weighted by atomic mass is 35.5. The Morgan fingerprint density at radius 3 is 3.00 bits per heavy atom. The highest BCUT2D eigenvalue weighted by Gasteiger charge is 2.15. The molecule has 1 aliphatic rings. The first-order valence-corrected chi connectivity index (χ1v) is 6.37. The van der Waals surface area contributed by atoms with Crippen LogP contribution in [-0.2, 0) is 13.1 Å². The van der Waals surface area contributed by atoms with Crippen molar-refractivity contribution in [1.82, 2.24) is 19.9 Å². The van der Waals surface area contributed by atoms with Gasteiger partial charge >= 0.3 is 0 Å². The molecular weight excluding hydrogens is 260 g/mol. The highest BCUT2D eigenvalue weighted by molar-refractivity contribution is 6.02. The predicted octanol–water partition coefficient (Wildman–Crippen LogP) is 2.50. The van der Waals surface area contributed by atoms with E-state index in [1.54, 1.807) is 0 Å². The quantitative estimate of drug-likeness (QED) is 0.685. The molecule has 1 aliphatic heterocycles. The summed E-state index contributed by atoms with van der Waals surface area (Å²) in [6, 6.07) is 8.29. The molecule has 0 fully saturated rings. The molecule has 0 saturated heterocycles. The average Bonchev–Trinajstić information content (AvgIpc) is 2.61. The predicted molar refractivity (Wildman–Crippen MR) is 78.6 cm³/mol. The molecule has 3 heterocycles. The van der Waals surface area contributed by atoms with Crippen LogP contribution in [0.1, 0.15) is 12.2 Å². The van der Waals surface area contributed by atoms with Gasteiger partial charge in [0.25, 0.3) is 0 Å². The number of aromatic nitrogens is 3. The maximum atomic E-state index is 4.70. The first-order chi connectivity index (χ1) is 8.93. The lowest BCUT2D eigenvalue weighted by Gasteiger charge is -2.05. The van der Waals surface area contributed by atoms with Gasteiger partial charge in [-0.1, -0.05) is 18.2 Å². The fraction of sp³-hybridized carbons (Fsp3) is 0.286. The number of nitrogens with zero attached hydrogens (tertiary/aromatic N) is 3. The molecule has 5 heteroatoms. The maximum Gasteiger partial charge on any atom is 0.123 e. The fourth-order valence-electron chi connectivity index (χ4n) is 2.75. The van der Waals surface area contributed by atoms with Gasteiger partial charge in [-0.2, -0.15) is 0 Å². The van der Waals surface area contributed by atoms with Gasteiger partial charge < -0.3 is 9.88 Å². The minimum absolute atomic E-state index is 0. The van der Waals surface area contributed by atoms with E-state index in [1.165, 1.54) is 10.9 Å². The smallest absolute Gasteiger partial charge is 0.123 e. The monoisotopic (exact) mass is 274 g/mol. The van der Waals surface area contributed by atoms with Gasteiger partial charge in [-0.05, 0) is 19.0 Å². The Labute approximate surface area is 117 Å².